The molecule has 1 fully saturated rings. The Bertz CT molecular complexity index is 946. The quantitative estimate of drug-likeness (QED) is 0.629. The van der Waals surface area contributed by atoms with Gasteiger partial charge in [0.1, 0.15) is 5.75 Å². The van der Waals surface area contributed by atoms with E-state index >= 15 is 0 Å². The SMILES string of the molecule is CCOc1ccccc1NC(=O)C(C)N1CCC(c2nc3ccccc3s2)CC1. The molecule has 1 unspecified atom stereocenters. The molecule has 0 bridgehead atoms. The van der Waals surface area contributed by atoms with Crippen molar-refractivity contribution in [2.45, 2.75) is 38.6 Å². The summed E-state index contributed by atoms with van der Waals surface area (Å²) in [6.07, 6.45) is 2.07. The largest absolute Gasteiger partial charge is 0.492 e. The molecule has 2 heterocycles. The summed E-state index contributed by atoms with van der Waals surface area (Å²) in [4.78, 5) is 19.9. The number of thiazole rings is 1. The molecule has 4 rings (SSSR count). The highest BCUT2D eigenvalue weighted by atomic mass is 32.1. The molecular formula is C23H27N3O2S. The summed E-state index contributed by atoms with van der Waals surface area (Å²) in [7, 11) is 0. The molecule has 1 aliphatic rings. The first-order chi connectivity index (χ1) is 14.2. The zero-order chi connectivity index (χ0) is 20.2. The monoisotopic (exact) mass is 409 g/mol. The molecule has 0 aliphatic carbocycles. The lowest BCUT2D eigenvalue weighted by Crippen LogP contribution is -2.45. The Morgan fingerprint density at radius 3 is 2.69 bits per heavy atom. The van der Waals surface area contributed by atoms with E-state index in [1.807, 2.05) is 44.2 Å². The van der Waals surface area contributed by atoms with Crippen LogP contribution in [-0.4, -0.2) is 41.5 Å². The zero-order valence-corrected chi connectivity index (χ0v) is 17.7. The predicted molar refractivity (Wildman–Crippen MR) is 119 cm³/mol. The van der Waals surface area contributed by atoms with E-state index in [9.17, 15) is 4.79 Å². The molecule has 3 aromatic rings. The molecule has 1 atom stereocenters. The van der Waals surface area contributed by atoms with Crippen LogP contribution in [0.2, 0.25) is 0 Å². The molecule has 1 amide bonds. The van der Waals surface area contributed by atoms with Crippen LogP contribution in [-0.2, 0) is 4.79 Å². The van der Waals surface area contributed by atoms with Gasteiger partial charge in [0, 0.05) is 5.92 Å². The molecule has 0 saturated carbocycles. The number of ether oxygens (including phenoxy) is 1. The van der Waals surface area contributed by atoms with Crippen LogP contribution >= 0.6 is 11.3 Å². The predicted octanol–water partition coefficient (Wildman–Crippen LogP) is 4.90. The van der Waals surface area contributed by atoms with Crippen molar-refractivity contribution in [2.75, 3.05) is 25.0 Å². The minimum Gasteiger partial charge on any atom is -0.492 e. The molecule has 6 heteroatoms. The van der Waals surface area contributed by atoms with Gasteiger partial charge in [-0.25, -0.2) is 4.98 Å². The number of nitrogens with zero attached hydrogens (tertiary/aromatic N) is 2. The molecule has 152 valence electrons. The van der Waals surface area contributed by atoms with Gasteiger partial charge in [-0.1, -0.05) is 24.3 Å². The van der Waals surface area contributed by atoms with Gasteiger partial charge in [0.15, 0.2) is 0 Å². The second-order valence-electron chi connectivity index (χ2n) is 7.42. The normalized spacial score (nSPS) is 16.6. The number of likely N-dealkylation sites (tertiary alicyclic amines) is 1. The van der Waals surface area contributed by atoms with Gasteiger partial charge in [0.05, 0.1) is 33.6 Å². The lowest BCUT2D eigenvalue weighted by atomic mass is 9.96. The van der Waals surface area contributed by atoms with Crippen LogP contribution in [0.4, 0.5) is 5.69 Å². The van der Waals surface area contributed by atoms with E-state index in [1.54, 1.807) is 11.3 Å². The molecule has 0 radical (unpaired) electrons. The maximum absolute atomic E-state index is 12.8. The topological polar surface area (TPSA) is 54.5 Å². The first-order valence-corrected chi connectivity index (χ1v) is 11.1. The van der Waals surface area contributed by atoms with Crippen molar-refractivity contribution in [3.05, 3.63) is 53.5 Å². The lowest BCUT2D eigenvalue weighted by Gasteiger charge is -2.34. The van der Waals surface area contributed by atoms with E-state index in [1.165, 1.54) is 9.71 Å². The van der Waals surface area contributed by atoms with Crippen LogP contribution in [0.5, 0.6) is 5.75 Å². The van der Waals surface area contributed by atoms with Crippen LogP contribution < -0.4 is 10.1 Å². The average Bonchev–Trinajstić information content (AvgIpc) is 3.19. The molecule has 1 aliphatic heterocycles. The van der Waals surface area contributed by atoms with Crippen molar-refractivity contribution in [1.82, 2.24) is 9.88 Å². The van der Waals surface area contributed by atoms with Crippen molar-refractivity contribution in [1.29, 1.82) is 0 Å². The Balaban J connectivity index is 1.36. The van der Waals surface area contributed by atoms with Gasteiger partial charge in [0.2, 0.25) is 5.91 Å². The number of anilines is 1. The molecule has 5 nitrogen and oxygen atoms in total. The number of carbonyl (C=O) groups is 1. The summed E-state index contributed by atoms with van der Waals surface area (Å²) >= 11 is 1.80. The number of piperidine rings is 1. The number of benzene rings is 2. The molecule has 1 N–H and O–H groups in total. The van der Waals surface area contributed by atoms with Crippen molar-refractivity contribution in [3.8, 4) is 5.75 Å². The third-order valence-corrected chi connectivity index (χ3v) is 6.76. The maximum atomic E-state index is 12.8. The molecule has 0 spiro atoms. The minimum absolute atomic E-state index is 0.00981. The van der Waals surface area contributed by atoms with E-state index in [2.05, 4.69) is 28.4 Å². The number of para-hydroxylation sites is 3. The van der Waals surface area contributed by atoms with Crippen molar-refractivity contribution < 1.29 is 9.53 Å². The number of carbonyl (C=O) groups excluding carboxylic acids is 1. The maximum Gasteiger partial charge on any atom is 0.241 e. The fraction of sp³-hybridized carbons (Fsp3) is 0.391. The van der Waals surface area contributed by atoms with Gasteiger partial charge in [-0.15, -0.1) is 11.3 Å². The van der Waals surface area contributed by atoms with Gasteiger partial charge in [-0.3, -0.25) is 9.69 Å². The Hall–Kier alpha value is -2.44. The number of hydrogen-bond donors (Lipinski definition) is 1. The van der Waals surface area contributed by atoms with Gasteiger partial charge in [-0.2, -0.15) is 0 Å². The molecule has 2 aromatic carbocycles. The Morgan fingerprint density at radius 2 is 1.93 bits per heavy atom. The van der Waals surface area contributed by atoms with E-state index in [0.717, 1.165) is 37.1 Å². The van der Waals surface area contributed by atoms with E-state index in [0.29, 0.717) is 18.3 Å². The van der Waals surface area contributed by atoms with Crippen LogP contribution in [0.3, 0.4) is 0 Å². The number of nitrogens with one attached hydrogen (secondary N) is 1. The van der Waals surface area contributed by atoms with Crippen molar-refractivity contribution in [3.63, 3.8) is 0 Å². The van der Waals surface area contributed by atoms with Crippen LogP contribution in [0.1, 0.15) is 37.6 Å². The fourth-order valence-corrected chi connectivity index (χ4v) is 4.99. The molecule has 1 saturated heterocycles. The number of fused-ring (bicyclic) bond motifs is 1. The first kappa shape index (κ1) is 19.9. The number of aromatic nitrogens is 1. The van der Waals surface area contributed by atoms with Gasteiger partial charge >= 0.3 is 0 Å². The Morgan fingerprint density at radius 1 is 1.21 bits per heavy atom. The number of hydrogen-bond acceptors (Lipinski definition) is 5. The standard InChI is InChI=1S/C23H27N3O2S/c1-3-28-20-10-6-4-8-18(20)24-22(27)16(2)26-14-12-17(13-15-26)23-25-19-9-5-7-11-21(19)29-23/h4-11,16-17H,3,12-15H2,1-2H3,(H,24,27). The van der Waals surface area contributed by atoms with Gasteiger partial charge in [0.25, 0.3) is 0 Å². The minimum atomic E-state index is -0.180. The van der Waals surface area contributed by atoms with Crippen LogP contribution in [0, 0.1) is 0 Å². The number of amides is 1. The fourth-order valence-electron chi connectivity index (χ4n) is 3.85. The Labute approximate surface area is 175 Å². The molecule has 29 heavy (non-hydrogen) atoms. The summed E-state index contributed by atoms with van der Waals surface area (Å²) in [5.41, 5.74) is 1.83. The smallest absolute Gasteiger partial charge is 0.241 e. The third kappa shape index (κ3) is 4.43. The average molecular weight is 410 g/mol. The summed E-state index contributed by atoms with van der Waals surface area (Å²) in [6.45, 7) is 6.31. The highest BCUT2D eigenvalue weighted by Gasteiger charge is 2.29. The van der Waals surface area contributed by atoms with E-state index < -0.39 is 0 Å². The highest BCUT2D eigenvalue weighted by molar-refractivity contribution is 7.18. The van der Waals surface area contributed by atoms with E-state index in [-0.39, 0.29) is 11.9 Å². The number of rotatable bonds is 6. The van der Waals surface area contributed by atoms with Crippen LogP contribution in [0.25, 0.3) is 10.2 Å². The molecular weight excluding hydrogens is 382 g/mol. The summed E-state index contributed by atoms with van der Waals surface area (Å²) < 4.78 is 6.87. The summed E-state index contributed by atoms with van der Waals surface area (Å²) in [6, 6.07) is 15.7. The molecule has 1 aromatic heterocycles. The van der Waals surface area contributed by atoms with Gasteiger partial charge in [-0.05, 0) is 64.0 Å². The van der Waals surface area contributed by atoms with Crippen molar-refractivity contribution in [2.24, 2.45) is 0 Å². The zero-order valence-electron chi connectivity index (χ0n) is 16.9. The van der Waals surface area contributed by atoms with Crippen LogP contribution in [0.15, 0.2) is 48.5 Å². The summed E-state index contributed by atoms with van der Waals surface area (Å²) in [5, 5.41) is 4.27. The summed E-state index contributed by atoms with van der Waals surface area (Å²) in [5.74, 6) is 1.21. The first-order valence-electron chi connectivity index (χ1n) is 10.3. The lowest BCUT2D eigenvalue weighted by molar-refractivity contribution is -0.121. The van der Waals surface area contributed by atoms with Gasteiger partial charge < -0.3 is 10.1 Å². The second kappa shape index (κ2) is 8.93. The van der Waals surface area contributed by atoms with Crippen molar-refractivity contribution >= 4 is 33.1 Å². The Kier molecular flexibility index (Phi) is 6.11. The van der Waals surface area contributed by atoms with E-state index in [4.69, 9.17) is 9.72 Å². The third-order valence-electron chi connectivity index (χ3n) is 5.56. The highest BCUT2D eigenvalue weighted by Crippen LogP contribution is 2.34. The second-order valence-corrected chi connectivity index (χ2v) is 8.49.